The number of rotatable bonds is 2. The lowest BCUT2D eigenvalue weighted by molar-refractivity contribution is 0.607. The molecule has 56 valence electrons. The van der Waals surface area contributed by atoms with E-state index in [1.54, 1.807) is 0 Å². The SMILES string of the molecule is O=S(=O)(I)CS(=O)(=O)I. The van der Waals surface area contributed by atoms with Crippen molar-refractivity contribution in [1.29, 1.82) is 0 Å². The first-order valence-corrected chi connectivity index (χ1v) is 9.94. The van der Waals surface area contributed by atoms with Crippen LogP contribution >= 0.6 is 42.4 Å². The standard InChI is InChI=1S/CH2I2O4S2/c2-8(4,5)1-9(3,6)7/h1H2. The van der Waals surface area contributed by atoms with Gasteiger partial charge < -0.3 is 0 Å². The molecule has 0 atom stereocenters. The van der Waals surface area contributed by atoms with Crippen LogP contribution in [0.1, 0.15) is 0 Å². The molecule has 0 amide bonds. The maximum atomic E-state index is 10.2. The van der Waals surface area contributed by atoms with E-state index < -0.39 is 19.1 Å². The maximum Gasteiger partial charge on any atom is 0.218 e. The lowest BCUT2D eigenvalue weighted by Crippen LogP contribution is -2.03. The molecule has 0 radical (unpaired) electrons. The van der Waals surface area contributed by atoms with Crippen LogP contribution in [0.15, 0.2) is 0 Å². The predicted octanol–water partition coefficient (Wildman–Crippen LogP) is 0.474. The quantitative estimate of drug-likeness (QED) is 0.503. The summed E-state index contributed by atoms with van der Waals surface area (Å²) in [6.07, 6.45) is 0. The van der Waals surface area contributed by atoms with Crippen LogP contribution in [0.3, 0.4) is 0 Å². The van der Waals surface area contributed by atoms with Gasteiger partial charge in [-0.25, -0.2) is 16.8 Å². The van der Waals surface area contributed by atoms with Crippen molar-refractivity contribution in [3.8, 4) is 0 Å². The van der Waals surface area contributed by atoms with Crippen molar-refractivity contribution in [2.75, 3.05) is 5.08 Å². The average molecular weight is 396 g/mol. The lowest BCUT2D eigenvalue weighted by Gasteiger charge is -1.87. The second kappa shape index (κ2) is 3.17. The van der Waals surface area contributed by atoms with Gasteiger partial charge >= 0.3 is 0 Å². The Labute approximate surface area is 77.4 Å². The van der Waals surface area contributed by atoms with E-state index in [1.807, 2.05) is 0 Å². The molecule has 0 saturated heterocycles. The normalized spacial score (nSPS) is 13.6. The van der Waals surface area contributed by atoms with Crippen molar-refractivity contribution >= 4 is 56.4 Å². The highest BCUT2D eigenvalue weighted by Crippen LogP contribution is 2.10. The maximum absolute atomic E-state index is 10.2. The molecule has 8 heteroatoms. The third-order valence-electron chi connectivity index (χ3n) is 0.282. The van der Waals surface area contributed by atoms with Gasteiger partial charge in [-0.1, -0.05) is 0 Å². The summed E-state index contributed by atoms with van der Waals surface area (Å²) in [5.74, 6) is 0. The lowest BCUT2D eigenvalue weighted by atomic mass is 11.9. The summed E-state index contributed by atoms with van der Waals surface area (Å²) in [4.78, 5) is 0. The molecular formula is CH2I2O4S2. The van der Waals surface area contributed by atoms with E-state index >= 15 is 0 Å². The molecule has 0 spiro atoms. The van der Waals surface area contributed by atoms with Crippen LogP contribution in [0, 0.1) is 0 Å². The van der Waals surface area contributed by atoms with Crippen LogP contribution in [0.2, 0.25) is 0 Å². The number of halogens is 2. The summed E-state index contributed by atoms with van der Waals surface area (Å²) in [5.41, 5.74) is 0. The minimum atomic E-state index is -3.41. The van der Waals surface area contributed by atoms with Crippen molar-refractivity contribution in [3.63, 3.8) is 0 Å². The molecule has 0 aliphatic heterocycles. The second-order valence-electron chi connectivity index (χ2n) is 1.20. The Hall–Kier alpha value is 1.36. The summed E-state index contributed by atoms with van der Waals surface area (Å²) in [6.45, 7) is 0. The number of hydrogen-bond donors (Lipinski definition) is 0. The topological polar surface area (TPSA) is 68.3 Å². The highest BCUT2D eigenvalue weighted by Gasteiger charge is 2.14. The fraction of sp³-hybridized carbons (Fsp3) is 1.00. The monoisotopic (exact) mass is 396 g/mol. The van der Waals surface area contributed by atoms with Crippen molar-refractivity contribution < 1.29 is 16.8 Å². The second-order valence-corrected chi connectivity index (χ2v) is 12.3. The third-order valence-corrected chi connectivity index (χ3v) is 7.11. The molecule has 0 rings (SSSR count). The third kappa shape index (κ3) is 9.36. The Morgan fingerprint density at radius 3 is 1.11 bits per heavy atom. The molecule has 0 aliphatic carbocycles. The van der Waals surface area contributed by atoms with E-state index in [4.69, 9.17) is 0 Å². The zero-order valence-corrected chi connectivity index (χ0v) is 9.86. The van der Waals surface area contributed by atoms with E-state index in [0.717, 1.165) is 42.4 Å². The van der Waals surface area contributed by atoms with Gasteiger partial charge in [0.2, 0.25) is 14.0 Å². The summed E-state index contributed by atoms with van der Waals surface area (Å²) < 4.78 is 41.0. The molecule has 0 N–H and O–H groups in total. The van der Waals surface area contributed by atoms with Gasteiger partial charge in [-0.3, -0.25) is 0 Å². The molecule has 0 aromatic carbocycles. The smallest absolute Gasteiger partial charge is 0.217 e. The van der Waals surface area contributed by atoms with Gasteiger partial charge in [0.05, 0.1) is 42.4 Å². The summed E-state index contributed by atoms with van der Waals surface area (Å²) in [5, 5.41) is -0.791. The largest absolute Gasteiger partial charge is 0.218 e. The fourth-order valence-electron chi connectivity index (χ4n) is 0.168. The van der Waals surface area contributed by atoms with Gasteiger partial charge in [0.25, 0.3) is 0 Å². The first kappa shape index (κ1) is 10.4. The van der Waals surface area contributed by atoms with Crippen LogP contribution in [-0.2, 0) is 14.0 Å². The molecule has 0 heterocycles. The van der Waals surface area contributed by atoms with E-state index in [2.05, 4.69) is 0 Å². The molecule has 0 saturated carbocycles. The van der Waals surface area contributed by atoms with Crippen molar-refractivity contribution in [3.05, 3.63) is 0 Å². The van der Waals surface area contributed by atoms with Gasteiger partial charge in [-0.05, 0) is 0 Å². The van der Waals surface area contributed by atoms with Gasteiger partial charge in [0.1, 0.15) is 0 Å². The van der Waals surface area contributed by atoms with Gasteiger partial charge in [0.15, 0.2) is 5.08 Å². The minimum absolute atomic E-state index is 0.791. The van der Waals surface area contributed by atoms with Gasteiger partial charge in [-0.15, -0.1) is 0 Å². The van der Waals surface area contributed by atoms with E-state index in [0.29, 0.717) is 0 Å². The molecule has 0 aromatic rings. The Morgan fingerprint density at radius 2 is 1.11 bits per heavy atom. The van der Waals surface area contributed by atoms with Crippen LogP contribution in [-0.4, -0.2) is 21.9 Å². The molecule has 0 bridgehead atoms. The molecule has 0 aromatic heterocycles. The molecule has 4 nitrogen and oxygen atoms in total. The Morgan fingerprint density at radius 1 is 0.889 bits per heavy atom. The van der Waals surface area contributed by atoms with Gasteiger partial charge in [0, 0.05) is 0 Å². The summed E-state index contributed by atoms with van der Waals surface area (Å²) in [7, 11) is -6.81. The molecule has 0 aliphatic rings. The molecule has 0 fully saturated rings. The van der Waals surface area contributed by atoms with Gasteiger partial charge in [-0.2, -0.15) is 0 Å². The summed E-state index contributed by atoms with van der Waals surface area (Å²) in [6, 6.07) is 0. The van der Waals surface area contributed by atoms with Crippen LogP contribution < -0.4 is 0 Å². The number of hydrogen-bond acceptors (Lipinski definition) is 4. The summed E-state index contributed by atoms with van der Waals surface area (Å²) >= 11 is 2.18. The average Bonchev–Trinajstić information content (AvgIpc) is 1.14. The van der Waals surface area contributed by atoms with E-state index in [1.165, 1.54) is 0 Å². The van der Waals surface area contributed by atoms with Crippen LogP contribution in [0.5, 0.6) is 0 Å². The zero-order valence-electron chi connectivity index (χ0n) is 3.91. The highest BCUT2D eigenvalue weighted by molar-refractivity contribution is 14.2. The zero-order chi connectivity index (χ0) is 7.71. The minimum Gasteiger partial charge on any atom is -0.217 e. The molecular weight excluding hydrogens is 394 g/mol. The first-order valence-electron chi connectivity index (χ1n) is 1.55. The van der Waals surface area contributed by atoms with Crippen LogP contribution in [0.4, 0.5) is 0 Å². The van der Waals surface area contributed by atoms with Crippen LogP contribution in [0.25, 0.3) is 0 Å². The van der Waals surface area contributed by atoms with Crippen molar-refractivity contribution in [2.45, 2.75) is 0 Å². The molecule has 0 unspecified atom stereocenters. The van der Waals surface area contributed by atoms with Crippen molar-refractivity contribution in [2.24, 2.45) is 0 Å². The van der Waals surface area contributed by atoms with E-state index in [9.17, 15) is 16.8 Å². The van der Waals surface area contributed by atoms with E-state index in [-0.39, 0.29) is 0 Å². The fourth-order valence-corrected chi connectivity index (χ4v) is 11.9. The Kier molecular flexibility index (Phi) is 3.65. The molecule has 9 heavy (non-hydrogen) atoms. The van der Waals surface area contributed by atoms with Crippen molar-refractivity contribution in [1.82, 2.24) is 0 Å². The first-order chi connectivity index (χ1) is 3.71. The highest BCUT2D eigenvalue weighted by atomic mass is 127. The Balaban J connectivity index is 4.46. The Bertz CT molecular complexity index is 242. The predicted molar refractivity (Wildman–Crippen MR) is 50.7 cm³/mol.